The summed E-state index contributed by atoms with van der Waals surface area (Å²) in [5.74, 6) is 1.77. The van der Waals surface area contributed by atoms with Crippen LogP contribution < -0.4 is 5.32 Å². The number of anilines is 2. The summed E-state index contributed by atoms with van der Waals surface area (Å²) in [6, 6.07) is 15.5. The Morgan fingerprint density at radius 1 is 1.03 bits per heavy atom. The second-order valence-electron chi connectivity index (χ2n) is 8.07. The lowest BCUT2D eigenvalue weighted by molar-refractivity contribution is 0.0968. The smallest absolute Gasteiger partial charge is 0.178 e. The molecule has 154 valence electrons. The maximum Gasteiger partial charge on any atom is 0.178 e. The summed E-state index contributed by atoms with van der Waals surface area (Å²) in [6.45, 7) is 4.10. The van der Waals surface area contributed by atoms with E-state index in [0.29, 0.717) is 24.0 Å². The van der Waals surface area contributed by atoms with Gasteiger partial charge in [0, 0.05) is 40.2 Å². The third-order valence-corrected chi connectivity index (χ3v) is 5.15. The number of aromatic amines is 2. The molecular weight excluding hydrogens is 388 g/mol. The Hall–Kier alpha value is -4.00. The quantitative estimate of drug-likeness (QED) is 0.322. The summed E-state index contributed by atoms with van der Waals surface area (Å²) in [7, 11) is 0. The average Bonchev–Trinajstić information content (AvgIpc) is 3.39. The van der Waals surface area contributed by atoms with Crippen molar-refractivity contribution in [3.8, 4) is 11.5 Å². The molecule has 0 aliphatic carbocycles. The number of H-pyrrole nitrogens is 2. The number of rotatable bonds is 6. The van der Waals surface area contributed by atoms with Crippen LogP contribution in [0.15, 0.2) is 60.9 Å². The standard InChI is InChI=1S/C24H22N6O/c1-14(2)9-22(31)16-4-3-15-11-21(28-20(15)12-16)24-25-8-7-23(29-24)27-18-5-6-19-17(10-18)13-26-30-19/h3-8,10-14,28H,9H2,1-2H3,(H,26,30)(H,25,27,29). The van der Waals surface area contributed by atoms with Gasteiger partial charge in [0.25, 0.3) is 0 Å². The van der Waals surface area contributed by atoms with Crippen molar-refractivity contribution in [3.05, 3.63) is 66.5 Å². The molecular formula is C24H22N6O. The lowest BCUT2D eigenvalue weighted by Gasteiger charge is -2.06. The zero-order chi connectivity index (χ0) is 21.4. The predicted octanol–water partition coefficient (Wildman–Crippen LogP) is 5.47. The van der Waals surface area contributed by atoms with E-state index >= 15 is 0 Å². The second-order valence-corrected chi connectivity index (χ2v) is 8.07. The first kappa shape index (κ1) is 19.0. The minimum absolute atomic E-state index is 0.157. The summed E-state index contributed by atoms with van der Waals surface area (Å²) in [6.07, 6.45) is 4.06. The lowest BCUT2D eigenvalue weighted by atomic mass is 10.0. The van der Waals surface area contributed by atoms with Crippen molar-refractivity contribution < 1.29 is 4.79 Å². The Kier molecular flexibility index (Phi) is 4.71. The van der Waals surface area contributed by atoms with Crippen molar-refractivity contribution in [2.75, 3.05) is 5.32 Å². The molecule has 3 N–H and O–H groups in total. The fraction of sp³-hybridized carbons (Fsp3) is 0.167. The van der Waals surface area contributed by atoms with Crippen LogP contribution >= 0.6 is 0 Å². The summed E-state index contributed by atoms with van der Waals surface area (Å²) in [5.41, 5.74) is 4.33. The highest BCUT2D eigenvalue weighted by Crippen LogP contribution is 2.25. The van der Waals surface area contributed by atoms with E-state index in [1.54, 1.807) is 12.4 Å². The number of fused-ring (bicyclic) bond motifs is 2. The number of Topliss-reactive ketones (excluding diaryl/α,β-unsaturated/α-hetero) is 1. The van der Waals surface area contributed by atoms with Crippen LogP contribution in [-0.2, 0) is 0 Å². The van der Waals surface area contributed by atoms with Gasteiger partial charge in [0.15, 0.2) is 11.6 Å². The molecule has 2 aromatic carbocycles. The number of benzene rings is 2. The van der Waals surface area contributed by atoms with Gasteiger partial charge in [0.05, 0.1) is 17.4 Å². The molecule has 0 fully saturated rings. The van der Waals surface area contributed by atoms with Crippen LogP contribution in [0.4, 0.5) is 11.5 Å². The van der Waals surface area contributed by atoms with Crippen molar-refractivity contribution in [2.45, 2.75) is 20.3 Å². The van der Waals surface area contributed by atoms with E-state index in [4.69, 9.17) is 0 Å². The molecule has 5 aromatic rings. The molecule has 5 rings (SSSR count). The van der Waals surface area contributed by atoms with Crippen LogP contribution in [0.3, 0.4) is 0 Å². The van der Waals surface area contributed by atoms with E-state index in [0.717, 1.165) is 38.8 Å². The maximum atomic E-state index is 12.4. The molecule has 3 heterocycles. The molecule has 7 heteroatoms. The minimum Gasteiger partial charge on any atom is -0.352 e. The van der Waals surface area contributed by atoms with Crippen LogP contribution in [0.1, 0.15) is 30.6 Å². The summed E-state index contributed by atoms with van der Waals surface area (Å²) < 4.78 is 0. The van der Waals surface area contributed by atoms with Crippen LogP contribution in [0.25, 0.3) is 33.3 Å². The van der Waals surface area contributed by atoms with Gasteiger partial charge in [0.2, 0.25) is 0 Å². The molecule has 31 heavy (non-hydrogen) atoms. The normalized spacial score (nSPS) is 11.5. The topological polar surface area (TPSA) is 99.3 Å². The molecule has 0 aliphatic heterocycles. The van der Waals surface area contributed by atoms with E-state index in [2.05, 4.69) is 44.3 Å². The second kappa shape index (κ2) is 7.68. The monoisotopic (exact) mass is 410 g/mol. The van der Waals surface area contributed by atoms with Gasteiger partial charge < -0.3 is 10.3 Å². The van der Waals surface area contributed by atoms with Crippen LogP contribution in [0.5, 0.6) is 0 Å². The number of nitrogens with zero attached hydrogens (tertiary/aromatic N) is 3. The molecule has 0 aliphatic rings. The van der Waals surface area contributed by atoms with Crippen LogP contribution in [0.2, 0.25) is 0 Å². The first-order chi connectivity index (χ1) is 15.0. The fourth-order valence-electron chi connectivity index (χ4n) is 3.64. The highest BCUT2D eigenvalue weighted by Gasteiger charge is 2.12. The Morgan fingerprint density at radius 2 is 1.94 bits per heavy atom. The number of carbonyl (C=O) groups is 1. The van der Waals surface area contributed by atoms with E-state index < -0.39 is 0 Å². The van der Waals surface area contributed by atoms with E-state index in [9.17, 15) is 4.79 Å². The Bertz CT molecular complexity index is 1400. The molecule has 0 saturated heterocycles. The van der Waals surface area contributed by atoms with Crippen LogP contribution in [0, 0.1) is 5.92 Å². The number of hydrogen-bond donors (Lipinski definition) is 3. The Morgan fingerprint density at radius 3 is 2.81 bits per heavy atom. The number of ketones is 1. The molecule has 0 saturated carbocycles. The van der Waals surface area contributed by atoms with Gasteiger partial charge in [0.1, 0.15) is 5.82 Å². The van der Waals surface area contributed by atoms with Gasteiger partial charge in [-0.3, -0.25) is 9.89 Å². The molecule has 7 nitrogen and oxygen atoms in total. The molecule has 0 bridgehead atoms. The average molecular weight is 410 g/mol. The van der Waals surface area contributed by atoms with E-state index in [1.165, 1.54) is 0 Å². The van der Waals surface area contributed by atoms with Crippen molar-refractivity contribution >= 4 is 39.1 Å². The molecule has 3 aromatic heterocycles. The van der Waals surface area contributed by atoms with Crippen molar-refractivity contribution in [2.24, 2.45) is 5.92 Å². The van der Waals surface area contributed by atoms with Crippen molar-refractivity contribution in [1.29, 1.82) is 0 Å². The summed E-state index contributed by atoms with van der Waals surface area (Å²) >= 11 is 0. The number of carbonyl (C=O) groups excluding carboxylic acids is 1. The van der Waals surface area contributed by atoms with Crippen LogP contribution in [-0.4, -0.2) is 30.9 Å². The SMILES string of the molecule is CC(C)CC(=O)c1ccc2cc(-c3nccc(Nc4ccc5[nH]ncc5c4)n3)[nH]c2c1. The van der Waals surface area contributed by atoms with Gasteiger partial charge in [-0.05, 0) is 42.3 Å². The maximum absolute atomic E-state index is 12.4. The number of nitrogens with one attached hydrogen (secondary N) is 3. The first-order valence-corrected chi connectivity index (χ1v) is 10.2. The third-order valence-electron chi connectivity index (χ3n) is 5.15. The van der Waals surface area contributed by atoms with Gasteiger partial charge >= 0.3 is 0 Å². The van der Waals surface area contributed by atoms with Gasteiger partial charge in [-0.1, -0.05) is 26.0 Å². The minimum atomic E-state index is 0.157. The Balaban J connectivity index is 1.42. The largest absolute Gasteiger partial charge is 0.352 e. The first-order valence-electron chi connectivity index (χ1n) is 10.2. The lowest BCUT2D eigenvalue weighted by Crippen LogP contribution is -2.03. The highest BCUT2D eigenvalue weighted by atomic mass is 16.1. The molecule has 0 amide bonds. The molecule has 0 unspecified atom stereocenters. The number of aromatic nitrogens is 5. The zero-order valence-corrected chi connectivity index (χ0v) is 17.3. The Labute approximate surface area is 178 Å². The third kappa shape index (κ3) is 3.90. The van der Waals surface area contributed by atoms with Crippen molar-refractivity contribution in [3.63, 3.8) is 0 Å². The van der Waals surface area contributed by atoms with Gasteiger partial charge in [-0.2, -0.15) is 5.10 Å². The predicted molar refractivity (Wildman–Crippen MR) is 122 cm³/mol. The molecule has 0 spiro atoms. The number of hydrogen-bond acceptors (Lipinski definition) is 5. The highest BCUT2D eigenvalue weighted by molar-refractivity contribution is 6.00. The van der Waals surface area contributed by atoms with Crippen molar-refractivity contribution in [1.82, 2.24) is 25.1 Å². The zero-order valence-electron chi connectivity index (χ0n) is 17.3. The summed E-state index contributed by atoms with van der Waals surface area (Å²) in [4.78, 5) is 24.8. The molecule has 0 atom stereocenters. The van der Waals surface area contributed by atoms with E-state index in [-0.39, 0.29) is 5.78 Å². The molecule has 0 radical (unpaired) electrons. The van der Waals surface area contributed by atoms with Gasteiger partial charge in [-0.25, -0.2) is 9.97 Å². The summed E-state index contributed by atoms with van der Waals surface area (Å²) in [5, 5.41) is 12.4. The fourth-order valence-corrected chi connectivity index (χ4v) is 3.64. The van der Waals surface area contributed by atoms with E-state index in [1.807, 2.05) is 48.5 Å². The van der Waals surface area contributed by atoms with Gasteiger partial charge in [-0.15, -0.1) is 0 Å².